The molecule has 0 aliphatic heterocycles. The van der Waals surface area contributed by atoms with Crippen molar-refractivity contribution in [2.75, 3.05) is 12.8 Å². The monoisotopic (exact) mass is 275 g/mol. The van der Waals surface area contributed by atoms with Gasteiger partial charge in [0.05, 0.1) is 12.3 Å². The van der Waals surface area contributed by atoms with Crippen molar-refractivity contribution in [1.29, 1.82) is 0 Å². The van der Waals surface area contributed by atoms with Gasteiger partial charge in [0.15, 0.2) is 0 Å². The summed E-state index contributed by atoms with van der Waals surface area (Å²) in [7, 11) is -0.184. The highest BCUT2D eigenvalue weighted by Gasteiger charge is 2.19. The molecule has 0 atom stereocenters. The van der Waals surface area contributed by atoms with Crippen LogP contribution in [0.3, 0.4) is 0 Å². The molecule has 0 aliphatic rings. The second kappa shape index (κ2) is 5.96. The van der Waals surface area contributed by atoms with Crippen molar-refractivity contribution in [3.05, 3.63) is 18.2 Å². The number of aromatic nitrogens is 2. The average molecular weight is 275 g/mol. The summed E-state index contributed by atoms with van der Waals surface area (Å²) in [6.07, 6.45) is 3.30. The van der Waals surface area contributed by atoms with Gasteiger partial charge in [-0.2, -0.15) is 4.31 Å². The first-order chi connectivity index (χ1) is 8.33. The van der Waals surface area contributed by atoms with Gasteiger partial charge in [-0.05, 0) is 6.42 Å². The Morgan fingerprint density at radius 3 is 2.72 bits per heavy atom. The number of imidazole rings is 1. The van der Waals surface area contributed by atoms with Crippen LogP contribution in [0.15, 0.2) is 12.4 Å². The van der Waals surface area contributed by atoms with E-state index >= 15 is 0 Å². The van der Waals surface area contributed by atoms with Gasteiger partial charge in [0.25, 0.3) is 0 Å². The predicted molar refractivity (Wildman–Crippen MR) is 65.3 cm³/mol. The lowest BCUT2D eigenvalue weighted by molar-refractivity contribution is -0.137. The summed E-state index contributed by atoms with van der Waals surface area (Å²) >= 11 is 0. The maximum atomic E-state index is 11.8. The molecule has 1 N–H and O–H groups in total. The van der Waals surface area contributed by atoms with Gasteiger partial charge in [-0.1, -0.05) is 0 Å². The number of carboxylic acids is 1. The minimum Gasteiger partial charge on any atom is -0.481 e. The summed E-state index contributed by atoms with van der Waals surface area (Å²) in [6, 6.07) is 0. The Hall–Kier alpha value is -1.41. The lowest BCUT2D eigenvalue weighted by Gasteiger charge is -2.16. The Labute approximate surface area is 106 Å². The Balaban J connectivity index is 2.57. The number of hydrogen-bond donors (Lipinski definition) is 1. The maximum absolute atomic E-state index is 11.8. The van der Waals surface area contributed by atoms with Crippen LogP contribution in [0, 0.1) is 0 Å². The van der Waals surface area contributed by atoms with Crippen molar-refractivity contribution < 1.29 is 18.3 Å². The van der Waals surface area contributed by atoms with Crippen molar-refractivity contribution in [2.24, 2.45) is 7.05 Å². The summed E-state index contributed by atoms with van der Waals surface area (Å²) in [4.78, 5) is 14.4. The van der Waals surface area contributed by atoms with Gasteiger partial charge in [-0.25, -0.2) is 13.4 Å². The van der Waals surface area contributed by atoms with E-state index in [9.17, 15) is 13.2 Å². The summed E-state index contributed by atoms with van der Waals surface area (Å²) < 4.78 is 26.6. The molecule has 0 unspecified atom stereocenters. The quantitative estimate of drug-likeness (QED) is 0.759. The highest BCUT2D eigenvalue weighted by molar-refractivity contribution is 7.89. The van der Waals surface area contributed by atoms with E-state index in [1.165, 1.54) is 11.4 Å². The number of aryl methyl sites for hydroxylation is 1. The van der Waals surface area contributed by atoms with Crippen molar-refractivity contribution in [3.8, 4) is 0 Å². The summed E-state index contributed by atoms with van der Waals surface area (Å²) in [6.45, 7) is 0.179. The van der Waals surface area contributed by atoms with E-state index in [4.69, 9.17) is 5.11 Å². The van der Waals surface area contributed by atoms with Gasteiger partial charge in [0, 0.05) is 32.9 Å². The van der Waals surface area contributed by atoms with E-state index in [0.29, 0.717) is 5.82 Å². The summed E-state index contributed by atoms with van der Waals surface area (Å²) in [5, 5.41) is 8.47. The van der Waals surface area contributed by atoms with Gasteiger partial charge in [-0.15, -0.1) is 0 Å². The molecule has 0 spiro atoms. The molecule has 18 heavy (non-hydrogen) atoms. The van der Waals surface area contributed by atoms with Crippen LogP contribution in [-0.2, 0) is 28.4 Å². The second-order valence-corrected chi connectivity index (χ2v) is 6.22. The molecule has 1 aromatic rings. The Bertz CT molecular complexity index is 509. The van der Waals surface area contributed by atoms with E-state index in [-0.39, 0.29) is 25.1 Å². The molecule has 8 heteroatoms. The van der Waals surface area contributed by atoms with E-state index in [1.54, 1.807) is 24.0 Å². The Kier molecular flexibility index (Phi) is 4.85. The largest absolute Gasteiger partial charge is 0.481 e. The van der Waals surface area contributed by atoms with E-state index < -0.39 is 16.0 Å². The number of carbonyl (C=O) groups is 1. The molecule has 1 rings (SSSR count). The molecule has 0 aromatic carbocycles. The molecule has 0 bridgehead atoms. The first-order valence-corrected chi connectivity index (χ1v) is 7.06. The second-order valence-electron chi connectivity index (χ2n) is 4.02. The third kappa shape index (κ3) is 4.11. The zero-order chi connectivity index (χ0) is 13.8. The van der Waals surface area contributed by atoms with Gasteiger partial charge < -0.3 is 9.67 Å². The van der Waals surface area contributed by atoms with Crippen LogP contribution in [0.5, 0.6) is 0 Å². The number of nitrogens with zero attached hydrogens (tertiary/aromatic N) is 3. The molecule has 102 valence electrons. The highest BCUT2D eigenvalue weighted by atomic mass is 32.2. The average Bonchev–Trinajstić information content (AvgIpc) is 2.63. The Morgan fingerprint density at radius 2 is 2.22 bits per heavy atom. The molecule has 0 aliphatic carbocycles. The predicted octanol–water partition coefficient (Wildman–Crippen LogP) is 0.0465. The van der Waals surface area contributed by atoms with Crippen LogP contribution in [-0.4, -0.2) is 46.2 Å². The Morgan fingerprint density at radius 1 is 1.56 bits per heavy atom. The fourth-order valence-electron chi connectivity index (χ4n) is 1.41. The zero-order valence-corrected chi connectivity index (χ0v) is 11.2. The molecule has 1 heterocycles. The number of sulfonamides is 1. The van der Waals surface area contributed by atoms with Gasteiger partial charge >= 0.3 is 5.97 Å². The minimum absolute atomic E-state index is 0.114. The topological polar surface area (TPSA) is 92.5 Å². The highest BCUT2D eigenvalue weighted by Crippen LogP contribution is 2.07. The fourth-order valence-corrected chi connectivity index (χ4v) is 2.54. The summed E-state index contributed by atoms with van der Waals surface area (Å²) in [5.74, 6) is -0.517. The van der Waals surface area contributed by atoms with Crippen LogP contribution in [0.2, 0.25) is 0 Å². The molecular weight excluding hydrogens is 258 g/mol. The standard InChI is InChI=1S/C10H17N3O4S/c1-12-6-5-11-9(12)8-13(2)18(16,17)7-3-4-10(14)15/h5-6H,3-4,7-8H2,1-2H3,(H,14,15). The summed E-state index contributed by atoms with van der Waals surface area (Å²) in [5.41, 5.74) is 0. The molecule has 1 aromatic heterocycles. The van der Waals surface area contributed by atoms with Gasteiger partial charge in [-0.3, -0.25) is 4.79 Å². The van der Waals surface area contributed by atoms with E-state index in [2.05, 4.69) is 4.98 Å². The van der Waals surface area contributed by atoms with Crippen molar-refractivity contribution in [3.63, 3.8) is 0 Å². The van der Waals surface area contributed by atoms with Crippen LogP contribution in [0.4, 0.5) is 0 Å². The molecule has 0 amide bonds. The molecular formula is C10H17N3O4S. The van der Waals surface area contributed by atoms with Crippen molar-refractivity contribution in [2.45, 2.75) is 19.4 Å². The third-order valence-corrected chi connectivity index (χ3v) is 4.44. The smallest absolute Gasteiger partial charge is 0.303 e. The van der Waals surface area contributed by atoms with E-state index in [1.807, 2.05) is 0 Å². The lowest BCUT2D eigenvalue weighted by Crippen LogP contribution is -2.30. The first-order valence-electron chi connectivity index (χ1n) is 5.45. The van der Waals surface area contributed by atoms with Crippen molar-refractivity contribution in [1.82, 2.24) is 13.9 Å². The van der Waals surface area contributed by atoms with Gasteiger partial charge in [0.2, 0.25) is 10.0 Å². The molecule has 0 fully saturated rings. The van der Waals surface area contributed by atoms with Crippen molar-refractivity contribution >= 4 is 16.0 Å². The first kappa shape index (κ1) is 14.7. The lowest BCUT2D eigenvalue weighted by atomic mass is 10.3. The van der Waals surface area contributed by atoms with Crippen LogP contribution >= 0.6 is 0 Å². The zero-order valence-electron chi connectivity index (χ0n) is 10.4. The number of hydrogen-bond acceptors (Lipinski definition) is 4. The normalized spacial score (nSPS) is 11.9. The number of rotatable bonds is 7. The van der Waals surface area contributed by atoms with E-state index in [0.717, 1.165) is 0 Å². The van der Waals surface area contributed by atoms with Crippen LogP contribution in [0.25, 0.3) is 0 Å². The van der Waals surface area contributed by atoms with Crippen LogP contribution in [0.1, 0.15) is 18.7 Å². The molecule has 0 radical (unpaired) electrons. The molecule has 7 nitrogen and oxygen atoms in total. The third-order valence-electron chi connectivity index (χ3n) is 2.55. The van der Waals surface area contributed by atoms with Crippen LogP contribution < -0.4 is 0 Å². The minimum atomic E-state index is -3.43. The maximum Gasteiger partial charge on any atom is 0.303 e. The SMILES string of the molecule is CN(Cc1nccn1C)S(=O)(=O)CCCC(=O)O. The van der Waals surface area contributed by atoms with Gasteiger partial charge in [0.1, 0.15) is 5.82 Å². The molecule has 0 saturated carbocycles. The fraction of sp³-hybridized carbons (Fsp3) is 0.600. The number of carboxylic acid groups (broad SMARTS) is 1. The number of aliphatic carboxylic acids is 1. The molecule has 0 saturated heterocycles.